The number of aryl methyl sites for hydroxylation is 1. The molecule has 0 bridgehead atoms. The minimum atomic E-state index is -0.376. The van der Waals surface area contributed by atoms with E-state index in [2.05, 4.69) is 15.5 Å². The number of thioether (sulfide) groups is 1. The minimum Gasteiger partial charge on any atom is -0.411 e. The highest BCUT2D eigenvalue weighted by Gasteiger charge is 2.12. The molecule has 1 amide bonds. The van der Waals surface area contributed by atoms with E-state index in [1.165, 1.54) is 12.1 Å². The molecule has 7 heteroatoms. The third-order valence-corrected chi connectivity index (χ3v) is 4.30. The van der Waals surface area contributed by atoms with Crippen LogP contribution < -0.4 is 5.32 Å². The highest BCUT2D eigenvalue weighted by atomic mass is 32.2. The van der Waals surface area contributed by atoms with Gasteiger partial charge in [-0.25, -0.2) is 4.39 Å². The first-order chi connectivity index (χ1) is 12.2. The molecule has 25 heavy (non-hydrogen) atoms. The zero-order valence-corrected chi connectivity index (χ0v) is 14.3. The fraction of sp³-hybridized carbons (Fsp3) is 0.167. The summed E-state index contributed by atoms with van der Waals surface area (Å²) in [5.41, 5.74) is 2.38. The van der Waals surface area contributed by atoms with Crippen molar-refractivity contribution in [2.45, 2.75) is 18.6 Å². The maximum absolute atomic E-state index is 13.2. The van der Waals surface area contributed by atoms with E-state index in [1.807, 2.05) is 31.2 Å². The van der Waals surface area contributed by atoms with Gasteiger partial charge in [-0.1, -0.05) is 43.0 Å². The molecule has 1 N–H and O–H groups in total. The average Bonchev–Trinajstić information content (AvgIpc) is 3.09. The van der Waals surface area contributed by atoms with E-state index >= 15 is 0 Å². The Hall–Kier alpha value is -2.67. The molecule has 2 aromatic carbocycles. The van der Waals surface area contributed by atoms with Gasteiger partial charge in [0.05, 0.1) is 5.75 Å². The number of carbonyl (C=O) groups is 1. The van der Waals surface area contributed by atoms with Gasteiger partial charge in [0.2, 0.25) is 11.8 Å². The Morgan fingerprint density at radius 3 is 2.84 bits per heavy atom. The lowest BCUT2D eigenvalue weighted by atomic mass is 10.1. The number of aromatic nitrogens is 2. The lowest BCUT2D eigenvalue weighted by molar-refractivity contribution is -0.113. The van der Waals surface area contributed by atoms with E-state index in [4.69, 9.17) is 4.42 Å². The Balaban J connectivity index is 1.59. The first-order valence-corrected chi connectivity index (χ1v) is 8.74. The summed E-state index contributed by atoms with van der Waals surface area (Å²) < 4.78 is 18.7. The number of para-hydroxylation sites is 1. The largest absolute Gasteiger partial charge is 0.411 e. The van der Waals surface area contributed by atoms with Gasteiger partial charge >= 0.3 is 0 Å². The third kappa shape index (κ3) is 4.45. The van der Waals surface area contributed by atoms with Crippen LogP contribution in [0.15, 0.2) is 58.2 Å². The molecule has 0 spiro atoms. The molecule has 0 saturated carbocycles. The van der Waals surface area contributed by atoms with Crippen molar-refractivity contribution in [2.24, 2.45) is 0 Å². The van der Waals surface area contributed by atoms with Crippen molar-refractivity contribution in [3.63, 3.8) is 0 Å². The Morgan fingerprint density at radius 1 is 1.20 bits per heavy atom. The second-order valence-corrected chi connectivity index (χ2v) is 6.16. The van der Waals surface area contributed by atoms with Crippen molar-refractivity contribution in [1.29, 1.82) is 0 Å². The van der Waals surface area contributed by atoms with Crippen molar-refractivity contribution in [3.05, 3.63) is 59.9 Å². The molecule has 0 fully saturated rings. The standard InChI is InChI=1S/C18H16FN3O2S/c1-2-12-6-3-4-9-15(12)20-16(23)11-25-18-22-21-17(24-18)13-7-5-8-14(19)10-13/h3-10H,2,11H2,1H3,(H,20,23). The molecular formula is C18H16FN3O2S. The van der Waals surface area contributed by atoms with Gasteiger partial charge in [0, 0.05) is 11.3 Å². The predicted octanol–water partition coefficient (Wildman–Crippen LogP) is 4.17. The number of rotatable bonds is 6. The van der Waals surface area contributed by atoms with Crippen LogP contribution in [0.5, 0.6) is 0 Å². The first-order valence-electron chi connectivity index (χ1n) is 7.75. The number of benzene rings is 2. The number of amides is 1. The molecular weight excluding hydrogens is 341 g/mol. The monoisotopic (exact) mass is 357 g/mol. The van der Waals surface area contributed by atoms with Crippen LogP contribution in [0.1, 0.15) is 12.5 Å². The minimum absolute atomic E-state index is 0.142. The summed E-state index contributed by atoms with van der Waals surface area (Å²) in [5, 5.41) is 10.9. The van der Waals surface area contributed by atoms with Crippen LogP contribution in [0.25, 0.3) is 11.5 Å². The molecule has 0 unspecified atom stereocenters. The maximum atomic E-state index is 13.2. The Kier molecular flexibility index (Phi) is 5.45. The molecule has 3 aromatic rings. The van der Waals surface area contributed by atoms with Gasteiger partial charge in [0.25, 0.3) is 5.22 Å². The summed E-state index contributed by atoms with van der Waals surface area (Å²) in [6, 6.07) is 13.6. The van der Waals surface area contributed by atoms with Crippen molar-refractivity contribution < 1.29 is 13.6 Å². The molecule has 0 aliphatic rings. The molecule has 0 aliphatic carbocycles. The summed E-state index contributed by atoms with van der Waals surface area (Å²) in [7, 11) is 0. The highest BCUT2D eigenvalue weighted by Crippen LogP contribution is 2.24. The van der Waals surface area contributed by atoms with Gasteiger partial charge in [0.1, 0.15) is 5.82 Å². The number of nitrogens with one attached hydrogen (secondary N) is 1. The number of halogens is 1. The Morgan fingerprint density at radius 2 is 2.04 bits per heavy atom. The summed E-state index contributed by atoms with van der Waals surface area (Å²) in [5.74, 6) is -0.169. The molecule has 3 rings (SSSR count). The van der Waals surface area contributed by atoms with E-state index in [0.717, 1.165) is 29.4 Å². The van der Waals surface area contributed by atoms with Crippen LogP contribution in [-0.4, -0.2) is 21.9 Å². The van der Waals surface area contributed by atoms with E-state index < -0.39 is 0 Å². The second-order valence-electron chi connectivity index (χ2n) is 5.23. The van der Waals surface area contributed by atoms with E-state index in [0.29, 0.717) is 5.56 Å². The van der Waals surface area contributed by atoms with E-state index in [9.17, 15) is 9.18 Å². The van der Waals surface area contributed by atoms with Gasteiger partial charge in [-0.15, -0.1) is 10.2 Å². The zero-order chi connectivity index (χ0) is 17.6. The molecule has 0 aliphatic heterocycles. The SMILES string of the molecule is CCc1ccccc1NC(=O)CSc1nnc(-c2cccc(F)c2)o1. The number of nitrogens with zero attached hydrogens (tertiary/aromatic N) is 2. The van der Waals surface area contributed by atoms with Crippen LogP contribution >= 0.6 is 11.8 Å². The lowest BCUT2D eigenvalue weighted by Crippen LogP contribution is -2.15. The van der Waals surface area contributed by atoms with E-state index in [-0.39, 0.29) is 28.6 Å². The van der Waals surface area contributed by atoms with Crippen molar-refractivity contribution in [2.75, 3.05) is 11.1 Å². The highest BCUT2D eigenvalue weighted by molar-refractivity contribution is 7.99. The quantitative estimate of drug-likeness (QED) is 0.671. The molecule has 5 nitrogen and oxygen atoms in total. The van der Waals surface area contributed by atoms with Crippen molar-refractivity contribution >= 4 is 23.4 Å². The van der Waals surface area contributed by atoms with Crippen molar-refractivity contribution in [3.8, 4) is 11.5 Å². The molecule has 1 heterocycles. The fourth-order valence-electron chi connectivity index (χ4n) is 2.27. The Labute approximate surface area is 148 Å². The predicted molar refractivity (Wildman–Crippen MR) is 94.9 cm³/mol. The second kappa shape index (κ2) is 7.94. The molecule has 0 atom stereocenters. The summed E-state index contributed by atoms with van der Waals surface area (Å²) in [6.45, 7) is 2.03. The summed E-state index contributed by atoms with van der Waals surface area (Å²) >= 11 is 1.13. The average molecular weight is 357 g/mol. The third-order valence-electron chi connectivity index (χ3n) is 3.48. The smallest absolute Gasteiger partial charge is 0.277 e. The molecule has 128 valence electrons. The normalized spacial score (nSPS) is 10.6. The molecule has 0 saturated heterocycles. The van der Waals surface area contributed by atoms with Gasteiger partial charge in [-0.2, -0.15) is 0 Å². The summed E-state index contributed by atoms with van der Waals surface area (Å²) in [4.78, 5) is 12.1. The zero-order valence-electron chi connectivity index (χ0n) is 13.5. The van der Waals surface area contributed by atoms with Crippen molar-refractivity contribution in [1.82, 2.24) is 10.2 Å². The Bertz CT molecular complexity index is 882. The van der Waals surface area contributed by atoms with Crippen LogP contribution in [0.3, 0.4) is 0 Å². The topological polar surface area (TPSA) is 68.0 Å². The molecule has 0 radical (unpaired) electrons. The fourth-order valence-corrected chi connectivity index (χ4v) is 2.83. The van der Waals surface area contributed by atoms with Crippen LogP contribution in [0, 0.1) is 5.82 Å². The van der Waals surface area contributed by atoms with E-state index in [1.54, 1.807) is 12.1 Å². The lowest BCUT2D eigenvalue weighted by Gasteiger charge is -2.08. The van der Waals surface area contributed by atoms with Crippen LogP contribution in [-0.2, 0) is 11.2 Å². The van der Waals surface area contributed by atoms with Gasteiger partial charge < -0.3 is 9.73 Å². The first kappa shape index (κ1) is 17.2. The van der Waals surface area contributed by atoms with Crippen LogP contribution in [0.2, 0.25) is 0 Å². The van der Waals surface area contributed by atoms with Crippen LogP contribution in [0.4, 0.5) is 10.1 Å². The van der Waals surface area contributed by atoms with Gasteiger partial charge in [-0.3, -0.25) is 4.79 Å². The maximum Gasteiger partial charge on any atom is 0.277 e. The molecule has 1 aromatic heterocycles. The number of anilines is 1. The number of hydrogen-bond acceptors (Lipinski definition) is 5. The number of carbonyl (C=O) groups excluding carboxylic acids is 1. The number of hydrogen-bond donors (Lipinski definition) is 1. The summed E-state index contributed by atoms with van der Waals surface area (Å²) in [6.07, 6.45) is 0.838. The van der Waals surface area contributed by atoms with Gasteiger partial charge in [0.15, 0.2) is 0 Å². The van der Waals surface area contributed by atoms with Gasteiger partial charge in [-0.05, 0) is 36.2 Å².